The molecule has 1 aliphatic rings. The van der Waals surface area contributed by atoms with Crippen LogP contribution < -0.4 is 5.32 Å². The molecule has 1 amide bonds. The fourth-order valence-electron chi connectivity index (χ4n) is 8.60. The van der Waals surface area contributed by atoms with Crippen molar-refractivity contribution in [2.45, 2.75) is 294 Å². The van der Waals surface area contributed by atoms with Gasteiger partial charge in [0.25, 0.3) is 0 Å². The van der Waals surface area contributed by atoms with Crippen LogP contribution in [0.2, 0.25) is 0 Å². The van der Waals surface area contributed by atoms with Crippen molar-refractivity contribution in [3.8, 4) is 0 Å². The van der Waals surface area contributed by atoms with Gasteiger partial charge in [0.1, 0.15) is 24.4 Å². The standard InChI is InChI=1S/C55H103NO8/c1-3-5-7-9-11-13-15-17-19-20-21-22-23-24-25-26-27-28-29-30-31-33-35-37-39-41-43-45-51(59)56-48(47-63-55-54(62)53(61)52(60)50(46-57)64-55)49(58)44-42-40-38-36-34-32-18-16-14-12-10-8-6-4-2/h14,16,34,36,42,44,48-50,52-55,57-58,60-62H,3-13,15,17-33,35,37-41,43,45-47H2,1-2H3,(H,56,59)/b16-14+,36-34+,44-42+. The van der Waals surface area contributed by atoms with Crippen molar-refractivity contribution in [1.82, 2.24) is 5.32 Å². The summed E-state index contributed by atoms with van der Waals surface area (Å²) in [5.41, 5.74) is 0. The maximum Gasteiger partial charge on any atom is 0.220 e. The molecule has 0 spiro atoms. The van der Waals surface area contributed by atoms with Gasteiger partial charge >= 0.3 is 0 Å². The third-order valence-corrected chi connectivity index (χ3v) is 12.9. The average molecular weight is 906 g/mol. The number of hydrogen-bond acceptors (Lipinski definition) is 8. The van der Waals surface area contributed by atoms with E-state index >= 15 is 0 Å². The summed E-state index contributed by atoms with van der Waals surface area (Å²) in [7, 11) is 0. The molecule has 9 nitrogen and oxygen atoms in total. The van der Waals surface area contributed by atoms with Crippen LogP contribution in [-0.4, -0.2) is 87.5 Å². The Morgan fingerprint density at radius 3 is 1.31 bits per heavy atom. The zero-order valence-corrected chi connectivity index (χ0v) is 41.5. The van der Waals surface area contributed by atoms with Gasteiger partial charge in [-0.2, -0.15) is 0 Å². The van der Waals surface area contributed by atoms with Gasteiger partial charge in [0.15, 0.2) is 6.29 Å². The van der Waals surface area contributed by atoms with Crippen molar-refractivity contribution in [3.05, 3.63) is 36.5 Å². The smallest absolute Gasteiger partial charge is 0.220 e. The lowest BCUT2D eigenvalue weighted by atomic mass is 9.99. The first kappa shape index (κ1) is 60.4. The summed E-state index contributed by atoms with van der Waals surface area (Å²) in [5, 5.41) is 54.3. The Hall–Kier alpha value is -1.59. The van der Waals surface area contributed by atoms with Gasteiger partial charge in [-0.05, 0) is 44.9 Å². The Kier molecular flexibility index (Phi) is 42.7. The number of carbonyl (C=O) groups is 1. The van der Waals surface area contributed by atoms with Crippen LogP contribution in [0.5, 0.6) is 0 Å². The van der Waals surface area contributed by atoms with Gasteiger partial charge in [0.05, 0.1) is 25.4 Å². The first-order valence-corrected chi connectivity index (χ1v) is 27.2. The topological polar surface area (TPSA) is 149 Å². The number of ether oxygens (including phenoxy) is 2. The van der Waals surface area contributed by atoms with Crippen LogP contribution in [0.1, 0.15) is 251 Å². The molecule has 0 aromatic rings. The highest BCUT2D eigenvalue weighted by atomic mass is 16.7. The van der Waals surface area contributed by atoms with Gasteiger partial charge in [-0.25, -0.2) is 0 Å². The van der Waals surface area contributed by atoms with Gasteiger partial charge in [0.2, 0.25) is 5.91 Å². The van der Waals surface area contributed by atoms with Gasteiger partial charge < -0.3 is 40.3 Å². The Labute approximate surface area is 393 Å². The molecule has 0 saturated carbocycles. The zero-order chi connectivity index (χ0) is 46.6. The molecule has 0 aliphatic carbocycles. The highest BCUT2D eigenvalue weighted by molar-refractivity contribution is 5.76. The summed E-state index contributed by atoms with van der Waals surface area (Å²) >= 11 is 0. The second-order valence-electron chi connectivity index (χ2n) is 19.0. The molecule has 1 aliphatic heterocycles. The lowest BCUT2D eigenvalue weighted by molar-refractivity contribution is -0.302. The minimum absolute atomic E-state index is 0.188. The number of aliphatic hydroxyl groups is 5. The number of unbranched alkanes of at least 4 members (excludes halogenated alkanes) is 32. The maximum absolute atomic E-state index is 13.0. The van der Waals surface area contributed by atoms with Crippen LogP contribution in [0, 0.1) is 0 Å². The molecule has 1 saturated heterocycles. The predicted octanol–water partition coefficient (Wildman–Crippen LogP) is 12.8. The van der Waals surface area contributed by atoms with Crippen molar-refractivity contribution in [1.29, 1.82) is 0 Å². The van der Waals surface area contributed by atoms with Crippen LogP contribution in [-0.2, 0) is 14.3 Å². The molecular weight excluding hydrogens is 803 g/mol. The molecule has 64 heavy (non-hydrogen) atoms. The Balaban J connectivity index is 2.20. The quantitative estimate of drug-likeness (QED) is 0.0261. The number of hydrogen-bond donors (Lipinski definition) is 6. The molecule has 1 fully saturated rings. The first-order chi connectivity index (χ1) is 31.3. The van der Waals surface area contributed by atoms with Crippen molar-refractivity contribution in [2.24, 2.45) is 0 Å². The molecule has 0 aromatic carbocycles. The van der Waals surface area contributed by atoms with Crippen LogP contribution in [0.25, 0.3) is 0 Å². The fraction of sp³-hybridized carbons (Fsp3) is 0.873. The average Bonchev–Trinajstić information content (AvgIpc) is 3.29. The number of rotatable bonds is 46. The summed E-state index contributed by atoms with van der Waals surface area (Å²) in [5.74, 6) is -0.188. The number of carbonyl (C=O) groups excluding carboxylic acids is 1. The van der Waals surface area contributed by atoms with E-state index in [0.29, 0.717) is 6.42 Å². The molecule has 376 valence electrons. The number of aliphatic hydroxyl groups excluding tert-OH is 5. The summed E-state index contributed by atoms with van der Waals surface area (Å²) in [4.78, 5) is 13.0. The Bertz CT molecular complexity index is 1100. The minimum Gasteiger partial charge on any atom is -0.394 e. The van der Waals surface area contributed by atoms with E-state index in [1.807, 2.05) is 6.08 Å². The maximum atomic E-state index is 13.0. The minimum atomic E-state index is -1.57. The molecule has 6 N–H and O–H groups in total. The van der Waals surface area contributed by atoms with E-state index in [1.165, 1.54) is 180 Å². The number of nitrogens with one attached hydrogen (secondary N) is 1. The van der Waals surface area contributed by atoms with E-state index in [4.69, 9.17) is 9.47 Å². The van der Waals surface area contributed by atoms with Crippen molar-refractivity contribution >= 4 is 5.91 Å². The number of allylic oxidation sites excluding steroid dienone is 5. The Morgan fingerprint density at radius 1 is 0.516 bits per heavy atom. The fourth-order valence-corrected chi connectivity index (χ4v) is 8.60. The molecular formula is C55H103NO8. The van der Waals surface area contributed by atoms with Crippen LogP contribution in [0.3, 0.4) is 0 Å². The first-order valence-electron chi connectivity index (χ1n) is 27.2. The molecule has 9 heteroatoms. The van der Waals surface area contributed by atoms with Crippen molar-refractivity contribution < 1.29 is 39.8 Å². The molecule has 7 atom stereocenters. The highest BCUT2D eigenvalue weighted by Gasteiger charge is 2.44. The zero-order valence-electron chi connectivity index (χ0n) is 41.5. The second-order valence-corrected chi connectivity index (χ2v) is 19.0. The SMILES string of the molecule is CCCCCC/C=C/CC/C=C/CC/C=C/C(O)C(COC1OC(CO)C(O)C(O)C1O)NC(=O)CCCCCCCCCCCCCCCCCCCCCCCCCCCCC. The molecule has 0 aromatic heterocycles. The second kappa shape index (κ2) is 45.2. The number of amides is 1. The van der Waals surface area contributed by atoms with E-state index in [1.54, 1.807) is 6.08 Å². The van der Waals surface area contributed by atoms with E-state index in [0.717, 1.165) is 51.4 Å². The van der Waals surface area contributed by atoms with Gasteiger partial charge in [-0.15, -0.1) is 0 Å². The van der Waals surface area contributed by atoms with E-state index < -0.39 is 49.5 Å². The highest BCUT2D eigenvalue weighted by Crippen LogP contribution is 2.23. The van der Waals surface area contributed by atoms with Gasteiger partial charge in [-0.3, -0.25) is 4.79 Å². The van der Waals surface area contributed by atoms with Crippen molar-refractivity contribution in [3.63, 3.8) is 0 Å². The summed E-state index contributed by atoms with van der Waals surface area (Å²) < 4.78 is 11.2. The normalized spacial score (nSPS) is 20.3. The molecule has 7 unspecified atom stereocenters. The third kappa shape index (κ3) is 34.7. The monoisotopic (exact) mass is 906 g/mol. The van der Waals surface area contributed by atoms with Gasteiger partial charge in [0, 0.05) is 6.42 Å². The van der Waals surface area contributed by atoms with E-state index in [9.17, 15) is 30.3 Å². The molecule has 0 bridgehead atoms. The molecule has 0 radical (unpaired) electrons. The summed E-state index contributed by atoms with van der Waals surface area (Å²) in [6.45, 7) is 3.75. The van der Waals surface area contributed by atoms with Crippen LogP contribution in [0.15, 0.2) is 36.5 Å². The largest absolute Gasteiger partial charge is 0.394 e. The van der Waals surface area contributed by atoms with Crippen molar-refractivity contribution in [2.75, 3.05) is 13.2 Å². The van der Waals surface area contributed by atoms with E-state index in [-0.39, 0.29) is 12.5 Å². The Morgan fingerprint density at radius 2 is 0.891 bits per heavy atom. The summed E-state index contributed by atoms with van der Waals surface area (Å²) in [6, 6.07) is -0.825. The van der Waals surface area contributed by atoms with Crippen LogP contribution in [0.4, 0.5) is 0 Å². The van der Waals surface area contributed by atoms with Crippen LogP contribution >= 0.6 is 0 Å². The summed E-state index contributed by atoms with van der Waals surface area (Å²) in [6.07, 6.45) is 50.7. The van der Waals surface area contributed by atoms with E-state index in [2.05, 4.69) is 43.5 Å². The lowest BCUT2D eigenvalue weighted by Crippen LogP contribution is -2.60. The lowest BCUT2D eigenvalue weighted by Gasteiger charge is -2.40. The molecule has 1 rings (SSSR count). The third-order valence-electron chi connectivity index (χ3n) is 12.9. The molecule has 1 heterocycles. The predicted molar refractivity (Wildman–Crippen MR) is 267 cm³/mol. The van der Waals surface area contributed by atoms with Gasteiger partial charge in [-0.1, -0.05) is 237 Å².